The third kappa shape index (κ3) is 3.48. The van der Waals surface area contributed by atoms with Gasteiger partial charge in [0.2, 0.25) is 0 Å². The van der Waals surface area contributed by atoms with Gasteiger partial charge in [0.15, 0.2) is 0 Å². The van der Waals surface area contributed by atoms with Crippen molar-refractivity contribution in [3.63, 3.8) is 0 Å². The molecule has 0 N–H and O–H groups in total. The van der Waals surface area contributed by atoms with E-state index in [1.807, 2.05) is 0 Å². The van der Waals surface area contributed by atoms with Gasteiger partial charge in [0.05, 0.1) is 12.7 Å². The van der Waals surface area contributed by atoms with E-state index in [1.54, 1.807) is 16.8 Å². The minimum absolute atomic E-state index is 0.169. The summed E-state index contributed by atoms with van der Waals surface area (Å²) in [6.07, 6.45) is 3.58. The Balaban J connectivity index is 2.76. The highest BCUT2D eigenvalue weighted by Gasteiger charge is 2.06. The van der Waals surface area contributed by atoms with Crippen LogP contribution in [0.15, 0.2) is 23.1 Å². The van der Waals surface area contributed by atoms with Gasteiger partial charge < -0.3 is 9.30 Å². The normalized spacial score (nSPS) is 10.1. The van der Waals surface area contributed by atoms with E-state index in [4.69, 9.17) is 0 Å². The maximum absolute atomic E-state index is 11.6. The zero-order chi connectivity index (χ0) is 12.0. The molecule has 88 valence electrons. The van der Waals surface area contributed by atoms with E-state index in [0.717, 1.165) is 18.2 Å². The van der Waals surface area contributed by atoms with Crippen LogP contribution in [0.3, 0.4) is 0 Å². The van der Waals surface area contributed by atoms with Crippen LogP contribution in [0.25, 0.3) is 0 Å². The molecular formula is C11H14BrNO3. The molecule has 0 bridgehead atoms. The topological polar surface area (TPSA) is 48.3 Å². The third-order valence-electron chi connectivity index (χ3n) is 2.20. The monoisotopic (exact) mass is 287 g/mol. The van der Waals surface area contributed by atoms with E-state index in [2.05, 4.69) is 20.7 Å². The van der Waals surface area contributed by atoms with Crippen molar-refractivity contribution in [3.8, 4) is 0 Å². The van der Waals surface area contributed by atoms with E-state index >= 15 is 0 Å². The van der Waals surface area contributed by atoms with Crippen molar-refractivity contribution >= 4 is 21.9 Å². The third-order valence-corrected chi connectivity index (χ3v) is 2.76. The predicted octanol–water partition coefficient (Wildman–Crippen LogP) is 1.81. The summed E-state index contributed by atoms with van der Waals surface area (Å²) in [6.45, 7) is 0.673. The summed E-state index contributed by atoms with van der Waals surface area (Å²) < 4.78 is 6.13. The minimum atomic E-state index is -0.482. The second kappa shape index (κ2) is 6.48. The highest BCUT2D eigenvalue weighted by atomic mass is 79.9. The molecule has 1 rings (SSSR count). The molecule has 0 aliphatic rings. The Labute approximate surface area is 102 Å². The average molecular weight is 288 g/mol. The molecule has 0 aliphatic carbocycles. The standard InChI is InChI=1S/C11H14BrNO3/c1-16-11(15)9-4-7-13(10(14)8-9)6-3-2-5-12/h4,7-8H,2-3,5-6H2,1H3. The average Bonchev–Trinajstić information content (AvgIpc) is 2.30. The van der Waals surface area contributed by atoms with Crippen LogP contribution in [-0.4, -0.2) is 23.0 Å². The van der Waals surface area contributed by atoms with Gasteiger partial charge in [-0.25, -0.2) is 4.79 Å². The fourth-order valence-electron chi connectivity index (χ4n) is 1.31. The molecule has 4 nitrogen and oxygen atoms in total. The Morgan fingerprint density at radius 1 is 1.50 bits per heavy atom. The molecule has 0 aliphatic heterocycles. The molecule has 0 saturated carbocycles. The number of ether oxygens (including phenoxy) is 1. The molecule has 0 amide bonds. The van der Waals surface area contributed by atoms with Gasteiger partial charge in [-0.15, -0.1) is 0 Å². The van der Waals surface area contributed by atoms with Crippen LogP contribution in [0.2, 0.25) is 0 Å². The summed E-state index contributed by atoms with van der Waals surface area (Å²) in [5.74, 6) is -0.482. The first-order valence-electron chi connectivity index (χ1n) is 5.04. The molecule has 0 saturated heterocycles. The van der Waals surface area contributed by atoms with Crippen LogP contribution in [0.5, 0.6) is 0 Å². The lowest BCUT2D eigenvalue weighted by molar-refractivity contribution is 0.0600. The van der Waals surface area contributed by atoms with Gasteiger partial charge in [-0.1, -0.05) is 15.9 Å². The number of methoxy groups -OCH3 is 1. The molecule has 16 heavy (non-hydrogen) atoms. The highest BCUT2D eigenvalue weighted by Crippen LogP contribution is 2.00. The fraction of sp³-hybridized carbons (Fsp3) is 0.455. The Kier molecular flexibility index (Phi) is 5.25. The Morgan fingerprint density at radius 2 is 2.25 bits per heavy atom. The van der Waals surface area contributed by atoms with Crippen molar-refractivity contribution in [2.75, 3.05) is 12.4 Å². The van der Waals surface area contributed by atoms with Crippen LogP contribution in [0.1, 0.15) is 23.2 Å². The van der Waals surface area contributed by atoms with E-state index in [9.17, 15) is 9.59 Å². The Bertz CT molecular complexity index is 414. The van der Waals surface area contributed by atoms with Gasteiger partial charge in [-0.2, -0.15) is 0 Å². The summed E-state index contributed by atoms with van der Waals surface area (Å²) in [6, 6.07) is 2.90. The second-order valence-electron chi connectivity index (χ2n) is 3.33. The quantitative estimate of drug-likeness (QED) is 0.471. The van der Waals surface area contributed by atoms with Crippen LogP contribution in [0, 0.1) is 0 Å². The van der Waals surface area contributed by atoms with E-state index in [1.165, 1.54) is 13.2 Å². The van der Waals surface area contributed by atoms with Crippen molar-refractivity contribution in [1.29, 1.82) is 0 Å². The van der Waals surface area contributed by atoms with Crippen molar-refractivity contribution in [2.45, 2.75) is 19.4 Å². The van der Waals surface area contributed by atoms with Gasteiger partial charge in [-0.3, -0.25) is 4.79 Å². The second-order valence-corrected chi connectivity index (χ2v) is 4.13. The number of nitrogens with zero attached hydrogens (tertiary/aromatic N) is 1. The number of alkyl halides is 1. The van der Waals surface area contributed by atoms with Gasteiger partial charge in [0.1, 0.15) is 0 Å². The number of aromatic nitrogens is 1. The van der Waals surface area contributed by atoms with Crippen molar-refractivity contribution in [1.82, 2.24) is 4.57 Å². The Morgan fingerprint density at radius 3 is 2.81 bits per heavy atom. The summed E-state index contributed by atoms with van der Waals surface area (Å²) in [5, 5.41) is 0.933. The molecule has 1 heterocycles. The molecular weight excluding hydrogens is 274 g/mol. The van der Waals surface area contributed by atoms with E-state index < -0.39 is 5.97 Å². The number of rotatable bonds is 5. The fourth-order valence-corrected chi connectivity index (χ4v) is 1.71. The SMILES string of the molecule is COC(=O)c1ccn(CCCCBr)c(=O)c1. The number of halogens is 1. The largest absolute Gasteiger partial charge is 0.465 e. The summed E-state index contributed by atoms with van der Waals surface area (Å²) >= 11 is 3.33. The number of unbranched alkanes of at least 4 members (excludes halogenated alkanes) is 1. The number of carbonyl (C=O) groups excluding carboxylic acids is 1. The number of aryl methyl sites for hydroxylation is 1. The first kappa shape index (κ1) is 13.0. The Hall–Kier alpha value is -1.10. The maximum Gasteiger partial charge on any atom is 0.338 e. The summed E-state index contributed by atoms with van der Waals surface area (Å²) in [5.41, 5.74) is 0.127. The molecule has 0 aromatic carbocycles. The van der Waals surface area contributed by atoms with Gasteiger partial charge in [0.25, 0.3) is 5.56 Å². The van der Waals surface area contributed by atoms with E-state index in [0.29, 0.717) is 12.1 Å². The van der Waals surface area contributed by atoms with Crippen LogP contribution < -0.4 is 5.56 Å². The van der Waals surface area contributed by atoms with Crippen molar-refractivity contribution < 1.29 is 9.53 Å². The zero-order valence-corrected chi connectivity index (χ0v) is 10.7. The lowest BCUT2D eigenvalue weighted by Crippen LogP contribution is -2.20. The molecule has 1 aromatic heterocycles. The molecule has 0 radical (unpaired) electrons. The van der Waals surface area contributed by atoms with Crippen molar-refractivity contribution in [3.05, 3.63) is 34.2 Å². The highest BCUT2D eigenvalue weighted by molar-refractivity contribution is 9.09. The van der Waals surface area contributed by atoms with Crippen LogP contribution >= 0.6 is 15.9 Å². The summed E-state index contributed by atoms with van der Waals surface area (Å²) in [7, 11) is 1.30. The lowest BCUT2D eigenvalue weighted by atomic mass is 10.2. The first-order chi connectivity index (χ1) is 7.69. The molecule has 0 spiro atoms. The number of carbonyl (C=O) groups is 1. The van der Waals surface area contributed by atoms with Crippen LogP contribution in [0.4, 0.5) is 0 Å². The minimum Gasteiger partial charge on any atom is -0.465 e. The summed E-state index contributed by atoms with van der Waals surface area (Å²) in [4.78, 5) is 22.8. The number of hydrogen-bond donors (Lipinski definition) is 0. The number of hydrogen-bond acceptors (Lipinski definition) is 3. The zero-order valence-electron chi connectivity index (χ0n) is 9.11. The first-order valence-corrected chi connectivity index (χ1v) is 6.16. The van der Waals surface area contributed by atoms with Gasteiger partial charge in [-0.05, 0) is 18.9 Å². The number of pyridine rings is 1. The molecule has 0 fully saturated rings. The van der Waals surface area contributed by atoms with Gasteiger partial charge in [0, 0.05) is 24.1 Å². The smallest absolute Gasteiger partial charge is 0.338 e. The van der Waals surface area contributed by atoms with Gasteiger partial charge >= 0.3 is 5.97 Å². The molecule has 0 unspecified atom stereocenters. The number of esters is 1. The maximum atomic E-state index is 11.6. The molecule has 0 atom stereocenters. The molecule has 1 aromatic rings. The lowest BCUT2D eigenvalue weighted by Gasteiger charge is -2.05. The predicted molar refractivity (Wildman–Crippen MR) is 65.1 cm³/mol. The van der Waals surface area contributed by atoms with Crippen molar-refractivity contribution in [2.24, 2.45) is 0 Å². The van der Waals surface area contributed by atoms with Crippen LogP contribution in [-0.2, 0) is 11.3 Å². The van der Waals surface area contributed by atoms with E-state index in [-0.39, 0.29) is 5.56 Å². The molecule has 5 heteroatoms.